The van der Waals surface area contributed by atoms with Gasteiger partial charge in [-0.1, -0.05) is 23.7 Å². The zero-order valence-corrected chi connectivity index (χ0v) is 21.1. The molecule has 2 aliphatic heterocycles. The zero-order valence-electron chi connectivity index (χ0n) is 19.6. The fourth-order valence-electron chi connectivity index (χ4n) is 4.71. The van der Waals surface area contributed by atoms with Crippen LogP contribution in [-0.2, 0) is 29.1 Å². The minimum Gasteiger partial charge on any atom is -0.469 e. The molecule has 11 heteroatoms. The average Bonchev–Trinajstić information content (AvgIpc) is 3.21. The van der Waals surface area contributed by atoms with E-state index in [2.05, 4.69) is 4.72 Å². The second kappa shape index (κ2) is 10.1. The molecule has 0 radical (unpaired) electrons. The first-order chi connectivity index (χ1) is 16.6. The largest absolute Gasteiger partial charge is 0.469 e. The van der Waals surface area contributed by atoms with Crippen LogP contribution in [0.15, 0.2) is 41.3 Å². The van der Waals surface area contributed by atoms with E-state index in [4.69, 9.17) is 16.3 Å². The number of rotatable bonds is 6. The van der Waals surface area contributed by atoms with Crippen molar-refractivity contribution in [2.75, 3.05) is 26.7 Å². The molecule has 188 valence electrons. The first-order valence-electron chi connectivity index (χ1n) is 11.5. The lowest BCUT2D eigenvalue weighted by Gasteiger charge is -2.34. The van der Waals surface area contributed by atoms with Crippen molar-refractivity contribution >= 4 is 50.2 Å². The predicted octanol–water partition coefficient (Wildman–Crippen LogP) is 2.17. The average molecular weight is 522 g/mol. The Bertz CT molecular complexity index is 1260. The number of hydrogen-bond acceptors (Lipinski definition) is 6. The van der Waals surface area contributed by atoms with Gasteiger partial charge in [0, 0.05) is 24.7 Å². The molecule has 2 atom stereocenters. The second-order valence-electron chi connectivity index (χ2n) is 8.95. The number of nitrogens with one attached hydrogen (secondary N) is 1. The third-order valence-corrected chi connectivity index (χ3v) is 8.49. The zero-order chi connectivity index (χ0) is 25.3. The van der Waals surface area contributed by atoms with E-state index < -0.39 is 28.0 Å². The summed E-state index contributed by atoms with van der Waals surface area (Å²) in [5.74, 6) is -1.13. The molecule has 2 saturated heterocycles. The Morgan fingerprint density at radius 3 is 2.40 bits per heavy atom. The number of carbonyl (C=O) groups is 3. The van der Waals surface area contributed by atoms with E-state index in [1.807, 2.05) is 0 Å². The van der Waals surface area contributed by atoms with Crippen LogP contribution in [0, 0.1) is 5.92 Å². The molecule has 0 bridgehead atoms. The monoisotopic (exact) mass is 521 g/mol. The van der Waals surface area contributed by atoms with Gasteiger partial charge in [-0.2, -0.15) is 4.72 Å². The van der Waals surface area contributed by atoms with Gasteiger partial charge in [-0.05, 0) is 61.2 Å². The summed E-state index contributed by atoms with van der Waals surface area (Å²) in [5, 5.41) is 2.08. The number of sulfonamides is 1. The fourth-order valence-corrected chi connectivity index (χ4v) is 6.15. The number of amides is 2. The third-order valence-electron chi connectivity index (χ3n) is 6.79. The van der Waals surface area contributed by atoms with Crippen LogP contribution in [-0.4, -0.2) is 74.8 Å². The highest BCUT2D eigenvalue weighted by molar-refractivity contribution is 7.89. The summed E-state index contributed by atoms with van der Waals surface area (Å²) in [7, 11) is -2.61. The molecule has 2 heterocycles. The van der Waals surface area contributed by atoms with Crippen LogP contribution in [0.5, 0.6) is 0 Å². The molecule has 2 fully saturated rings. The lowest BCUT2D eigenvalue weighted by Crippen LogP contribution is -2.52. The number of methoxy groups -OCH3 is 1. The van der Waals surface area contributed by atoms with Gasteiger partial charge in [0.05, 0.1) is 17.9 Å². The van der Waals surface area contributed by atoms with Crippen LogP contribution in [0.3, 0.4) is 0 Å². The molecule has 2 aromatic carbocycles. The minimum absolute atomic E-state index is 0.0520. The molecule has 4 rings (SSSR count). The summed E-state index contributed by atoms with van der Waals surface area (Å²) in [6.07, 6.45) is 1.29. The van der Waals surface area contributed by atoms with Crippen LogP contribution in [0.1, 0.15) is 26.2 Å². The van der Waals surface area contributed by atoms with Crippen molar-refractivity contribution in [3.63, 3.8) is 0 Å². The molecular weight excluding hydrogens is 494 g/mol. The number of benzene rings is 2. The Labute approximate surface area is 209 Å². The number of hydrogen-bond donors (Lipinski definition) is 1. The van der Waals surface area contributed by atoms with E-state index in [1.165, 1.54) is 24.1 Å². The normalized spacial score (nSPS) is 20.3. The molecule has 35 heavy (non-hydrogen) atoms. The van der Waals surface area contributed by atoms with Crippen molar-refractivity contribution in [2.45, 2.75) is 43.2 Å². The SMILES string of the molecule is COC(=O)C1CCN(C(=O)[C@H](C)N2CC[C@H](NS(=O)(=O)c3ccc4cc(Cl)ccc4c3)C2=O)CC1. The highest BCUT2D eigenvalue weighted by Gasteiger charge is 2.40. The van der Waals surface area contributed by atoms with Crippen LogP contribution in [0.2, 0.25) is 5.02 Å². The maximum atomic E-state index is 13.0. The van der Waals surface area contributed by atoms with Gasteiger partial charge in [-0.3, -0.25) is 14.4 Å². The molecule has 0 unspecified atom stereocenters. The molecule has 0 saturated carbocycles. The first-order valence-corrected chi connectivity index (χ1v) is 13.4. The molecule has 2 aliphatic rings. The van der Waals surface area contributed by atoms with E-state index in [9.17, 15) is 22.8 Å². The smallest absolute Gasteiger partial charge is 0.308 e. The predicted molar refractivity (Wildman–Crippen MR) is 130 cm³/mol. The highest BCUT2D eigenvalue weighted by Crippen LogP contribution is 2.25. The molecule has 9 nitrogen and oxygen atoms in total. The summed E-state index contributed by atoms with van der Waals surface area (Å²) in [6.45, 7) is 2.74. The Kier molecular flexibility index (Phi) is 7.35. The van der Waals surface area contributed by atoms with Crippen LogP contribution in [0.25, 0.3) is 10.8 Å². The Morgan fingerprint density at radius 2 is 1.71 bits per heavy atom. The summed E-state index contributed by atoms with van der Waals surface area (Å²) in [6, 6.07) is 8.18. The first kappa shape index (κ1) is 25.4. The van der Waals surface area contributed by atoms with E-state index in [0.717, 1.165) is 5.39 Å². The number of likely N-dealkylation sites (tertiary alicyclic amines) is 2. The van der Waals surface area contributed by atoms with Gasteiger partial charge in [0.1, 0.15) is 12.1 Å². The van der Waals surface area contributed by atoms with Gasteiger partial charge in [0.15, 0.2) is 0 Å². The van der Waals surface area contributed by atoms with Crippen LogP contribution in [0.4, 0.5) is 0 Å². The molecule has 0 aromatic heterocycles. The lowest BCUT2D eigenvalue weighted by molar-refractivity contribution is -0.150. The molecule has 0 spiro atoms. The second-order valence-corrected chi connectivity index (χ2v) is 11.1. The number of piperidine rings is 1. The number of ether oxygens (including phenoxy) is 1. The number of esters is 1. The molecule has 0 aliphatic carbocycles. The van der Waals surface area contributed by atoms with Gasteiger partial charge in [0.25, 0.3) is 0 Å². The van der Waals surface area contributed by atoms with Gasteiger partial charge < -0.3 is 14.5 Å². The molecule has 1 N–H and O–H groups in total. The van der Waals surface area contributed by atoms with Crippen LogP contribution < -0.4 is 4.72 Å². The minimum atomic E-state index is -3.95. The topological polar surface area (TPSA) is 113 Å². The summed E-state index contributed by atoms with van der Waals surface area (Å²) < 4.78 is 33.3. The van der Waals surface area contributed by atoms with Gasteiger partial charge in [-0.15, -0.1) is 0 Å². The number of carbonyl (C=O) groups excluding carboxylic acids is 3. The van der Waals surface area contributed by atoms with E-state index in [1.54, 1.807) is 36.1 Å². The van der Waals surface area contributed by atoms with Crippen molar-refractivity contribution in [3.8, 4) is 0 Å². The third kappa shape index (κ3) is 5.29. The quantitative estimate of drug-likeness (QED) is 0.583. The van der Waals surface area contributed by atoms with Crippen molar-refractivity contribution in [1.29, 1.82) is 0 Å². The molecular formula is C24H28ClN3O6S. The Balaban J connectivity index is 1.39. The lowest BCUT2D eigenvalue weighted by atomic mass is 9.96. The molecule has 2 aromatic rings. The van der Waals surface area contributed by atoms with Crippen molar-refractivity contribution in [1.82, 2.24) is 14.5 Å². The van der Waals surface area contributed by atoms with Crippen LogP contribution >= 0.6 is 11.6 Å². The fraction of sp³-hybridized carbons (Fsp3) is 0.458. The summed E-state index contributed by atoms with van der Waals surface area (Å²) >= 11 is 6.00. The maximum Gasteiger partial charge on any atom is 0.308 e. The summed E-state index contributed by atoms with van der Waals surface area (Å²) in [4.78, 5) is 40.9. The van der Waals surface area contributed by atoms with Crippen molar-refractivity contribution in [2.24, 2.45) is 5.92 Å². The highest BCUT2D eigenvalue weighted by atomic mass is 35.5. The summed E-state index contributed by atoms with van der Waals surface area (Å²) in [5.41, 5.74) is 0. The standard InChI is InChI=1S/C24H28ClN3O6S/c1-15(22(29)27-10-7-16(8-11-27)24(31)34-2)28-12-9-21(23(28)30)26-35(32,33)20-6-4-17-13-19(25)5-3-18(17)14-20/h3-6,13-16,21,26H,7-12H2,1-2H3/t15-,21-/m0/s1. The van der Waals surface area contributed by atoms with Gasteiger partial charge in [-0.25, -0.2) is 8.42 Å². The number of nitrogens with zero attached hydrogens (tertiary/aromatic N) is 2. The Hall–Kier alpha value is -2.69. The molecule has 2 amide bonds. The number of fused-ring (bicyclic) bond motifs is 1. The Morgan fingerprint density at radius 1 is 1.06 bits per heavy atom. The maximum absolute atomic E-state index is 13.0. The van der Waals surface area contributed by atoms with E-state index >= 15 is 0 Å². The van der Waals surface area contributed by atoms with Gasteiger partial charge in [0.2, 0.25) is 21.8 Å². The number of halogens is 1. The van der Waals surface area contributed by atoms with Crippen molar-refractivity contribution < 1.29 is 27.5 Å². The van der Waals surface area contributed by atoms with Crippen molar-refractivity contribution in [3.05, 3.63) is 41.4 Å². The van der Waals surface area contributed by atoms with Gasteiger partial charge >= 0.3 is 5.97 Å². The van der Waals surface area contributed by atoms with E-state index in [0.29, 0.717) is 36.3 Å². The van der Waals surface area contributed by atoms with E-state index in [-0.39, 0.29) is 35.7 Å².